The molecule has 0 saturated carbocycles. The van der Waals surface area contributed by atoms with E-state index in [-0.39, 0.29) is 6.04 Å². The zero-order valence-corrected chi connectivity index (χ0v) is 13.6. The molecule has 1 atom stereocenters. The number of hydrogen-bond donors (Lipinski definition) is 1. The van der Waals surface area contributed by atoms with Crippen molar-refractivity contribution in [3.63, 3.8) is 0 Å². The van der Waals surface area contributed by atoms with Crippen LogP contribution in [0.2, 0.25) is 10.0 Å². The maximum atomic E-state index is 6.26. The van der Waals surface area contributed by atoms with Gasteiger partial charge in [0.1, 0.15) is 0 Å². The minimum atomic E-state index is 0.225. The number of hydrogen-bond acceptors (Lipinski definition) is 2. The van der Waals surface area contributed by atoms with Crippen molar-refractivity contribution in [2.45, 2.75) is 52.5 Å². The minimum Gasteiger partial charge on any atom is -0.309 e. The van der Waals surface area contributed by atoms with Gasteiger partial charge in [-0.05, 0) is 31.4 Å². The summed E-state index contributed by atoms with van der Waals surface area (Å²) in [6, 6.07) is 2.00. The van der Waals surface area contributed by atoms with Gasteiger partial charge in [0.05, 0.1) is 21.8 Å². The van der Waals surface area contributed by atoms with Crippen LogP contribution in [0.1, 0.15) is 58.2 Å². The molecule has 1 unspecified atom stereocenters. The van der Waals surface area contributed by atoms with E-state index in [1.165, 1.54) is 12.8 Å². The largest absolute Gasteiger partial charge is 0.309 e. The Kier molecular flexibility index (Phi) is 7.74. The first-order valence-corrected chi connectivity index (χ1v) is 7.84. The van der Waals surface area contributed by atoms with E-state index in [0.29, 0.717) is 10.0 Å². The molecule has 1 heterocycles. The van der Waals surface area contributed by atoms with E-state index >= 15 is 0 Å². The van der Waals surface area contributed by atoms with E-state index in [4.69, 9.17) is 23.2 Å². The summed E-state index contributed by atoms with van der Waals surface area (Å²) < 4.78 is 0. The van der Waals surface area contributed by atoms with E-state index < -0.39 is 0 Å². The highest BCUT2D eigenvalue weighted by atomic mass is 35.5. The Morgan fingerprint density at radius 2 is 2.00 bits per heavy atom. The lowest BCUT2D eigenvalue weighted by atomic mass is 10.0. The molecule has 1 aromatic heterocycles. The number of nitrogens with zero attached hydrogens (tertiary/aromatic N) is 1. The van der Waals surface area contributed by atoms with E-state index in [9.17, 15) is 0 Å². The van der Waals surface area contributed by atoms with Crippen molar-refractivity contribution in [1.29, 1.82) is 0 Å². The first-order valence-electron chi connectivity index (χ1n) is 7.09. The fourth-order valence-electron chi connectivity index (χ4n) is 2.07. The summed E-state index contributed by atoms with van der Waals surface area (Å²) in [5.41, 5.74) is 0.920. The topological polar surface area (TPSA) is 24.9 Å². The third-order valence-corrected chi connectivity index (χ3v) is 3.59. The fourth-order valence-corrected chi connectivity index (χ4v) is 2.58. The SMILES string of the molecule is CCCNC(CCCC(C)C)c1ncc(Cl)cc1Cl. The molecule has 2 nitrogen and oxygen atoms in total. The monoisotopic (exact) mass is 302 g/mol. The standard InChI is InChI=1S/C15H24Cl2N2/c1-4-8-18-14(7-5-6-11(2)3)15-13(17)9-12(16)10-19-15/h9-11,14,18H,4-8H2,1-3H3. The molecule has 1 aromatic rings. The van der Waals surface area contributed by atoms with Gasteiger partial charge in [0, 0.05) is 6.20 Å². The molecule has 0 radical (unpaired) electrons. The van der Waals surface area contributed by atoms with E-state index in [2.05, 4.69) is 31.1 Å². The van der Waals surface area contributed by atoms with E-state index in [1.807, 2.05) is 0 Å². The van der Waals surface area contributed by atoms with Crippen LogP contribution < -0.4 is 5.32 Å². The molecule has 0 fully saturated rings. The molecule has 0 aliphatic carbocycles. The van der Waals surface area contributed by atoms with Crippen LogP contribution in [0.15, 0.2) is 12.3 Å². The average molecular weight is 303 g/mol. The lowest BCUT2D eigenvalue weighted by molar-refractivity contribution is 0.441. The maximum Gasteiger partial charge on any atom is 0.0760 e. The normalized spacial score (nSPS) is 12.9. The zero-order chi connectivity index (χ0) is 14.3. The third kappa shape index (κ3) is 6.11. The first-order chi connectivity index (χ1) is 9.04. The van der Waals surface area contributed by atoms with Gasteiger partial charge in [0.25, 0.3) is 0 Å². The number of aromatic nitrogens is 1. The molecule has 0 aliphatic heterocycles. The van der Waals surface area contributed by atoms with Crippen molar-refractivity contribution in [2.75, 3.05) is 6.54 Å². The molecule has 4 heteroatoms. The Morgan fingerprint density at radius 3 is 2.58 bits per heavy atom. The smallest absolute Gasteiger partial charge is 0.0760 e. The highest BCUT2D eigenvalue weighted by molar-refractivity contribution is 6.34. The summed E-state index contributed by atoms with van der Waals surface area (Å²) in [5, 5.41) is 4.78. The fraction of sp³-hybridized carbons (Fsp3) is 0.667. The van der Waals surface area contributed by atoms with Crippen LogP contribution in [0, 0.1) is 5.92 Å². The second-order valence-corrected chi connectivity index (χ2v) is 6.20. The number of nitrogens with one attached hydrogen (secondary N) is 1. The predicted molar refractivity (Wildman–Crippen MR) is 84.0 cm³/mol. The van der Waals surface area contributed by atoms with Gasteiger partial charge in [0.2, 0.25) is 0 Å². The third-order valence-electron chi connectivity index (χ3n) is 3.08. The van der Waals surface area contributed by atoms with E-state index in [0.717, 1.165) is 31.0 Å². The summed E-state index contributed by atoms with van der Waals surface area (Å²) in [7, 11) is 0. The molecule has 1 rings (SSSR count). The van der Waals surface area contributed by atoms with Crippen LogP contribution in [0.5, 0.6) is 0 Å². The van der Waals surface area contributed by atoms with Gasteiger partial charge in [-0.2, -0.15) is 0 Å². The second-order valence-electron chi connectivity index (χ2n) is 5.35. The summed E-state index contributed by atoms with van der Waals surface area (Å²) in [4.78, 5) is 4.40. The van der Waals surface area contributed by atoms with Gasteiger partial charge < -0.3 is 5.32 Å². The van der Waals surface area contributed by atoms with E-state index in [1.54, 1.807) is 12.3 Å². The molecule has 0 amide bonds. The first kappa shape index (κ1) is 16.7. The molecule has 0 aliphatic rings. The number of rotatable bonds is 8. The van der Waals surface area contributed by atoms with Crippen molar-refractivity contribution in [1.82, 2.24) is 10.3 Å². The molecule has 0 saturated heterocycles. The molecule has 108 valence electrons. The van der Waals surface area contributed by atoms with Crippen LogP contribution in [0.4, 0.5) is 0 Å². The van der Waals surface area contributed by atoms with Crippen molar-refractivity contribution < 1.29 is 0 Å². The molecule has 0 spiro atoms. The lowest BCUT2D eigenvalue weighted by Crippen LogP contribution is -2.23. The average Bonchev–Trinajstić information content (AvgIpc) is 2.34. The van der Waals surface area contributed by atoms with Crippen LogP contribution in [0.25, 0.3) is 0 Å². The van der Waals surface area contributed by atoms with Gasteiger partial charge in [-0.1, -0.05) is 56.8 Å². The Bertz CT molecular complexity index is 380. The molecule has 1 N–H and O–H groups in total. The second kappa shape index (κ2) is 8.78. The quantitative estimate of drug-likeness (QED) is 0.709. The molecular formula is C15H24Cl2N2. The van der Waals surface area contributed by atoms with Crippen molar-refractivity contribution in [3.05, 3.63) is 28.0 Å². The highest BCUT2D eigenvalue weighted by Gasteiger charge is 2.16. The number of halogens is 2. The summed E-state index contributed by atoms with van der Waals surface area (Å²) in [6.45, 7) is 7.64. The van der Waals surface area contributed by atoms with Gasteiger partial charge in [-0.3, -0.25) is 4.98 Å². The summed E-state index contributed by atoms with van der Waals surface area (Å²) >= 11 is 12.2. The predicted octanol–water partition coefficient (Wildman–Crippen LogP) is 5.26. The van der Waals surface area contributed by atoms with Crippen LogP contribution in [-0.2, 0) is 0 Å². The van der Waals surface area contributed by atoms with Crippen molar-refractivity contribution in [3.8, 4) is 0 Å². The van der Waals surface area contributed by atoms with Crippen molar-refractivity contribution >= 4 is 23.2 Å². The Labute approximate surface area is 126 Å². The van der Waals surface area contributed by atoms with Gasteiger partial charge in [-0.15, -0.1) is 0 Å². The highest BCUT2D eigenvalue weighted by Crippen LogP contribution is 2.27. The van der Waals surface area contributed by atoms with Crippen LogP contribution in [0.3, 0.4) is 0 Å². The molecular weight excluding hydrogens is 279 g/mol. The van der Waals surface area contributed by atoms with Crippen molar-refractivity contribution in [2.24, 2.45) is 5.92 Å². The van der Waals surface area contributed by atoms with Gasteiger partial charge >= 0.3 is 0 Å². The van der Waals surface area contributed by atoms with Gasteiger partial charge in [0.15, 0.2) is 0 Å². The summed E-state index contributed by atoms with van der Waals surface area (Å²) in [5.74, 6) is 0.737. The van der Waals surface area contributed by atoms with Crippen LogP contribution >= 0.6 is 23.2 Å². The van der Waals surface area contributed by atoms with Crippen LogP contribution in [-0.4, -0.2) is 11.5 Å². The maximum absolute atomic E-state index is 6.26. The number of pyridine rings is 1. The Balaban J connectivity index is 2.71. The van der Waals surface area contributed by atoms with Gasteiger partial charge in [-0.25, -0.2) is 0 Å². The minimum absolute atomic E-state index is 0.225. The molecule has 0 aromatic carbocycles. The Morgan fingerprint density at radius 1 is 1.26 bits per heavy atom. The lowest BCUT2D eigenvalue weighted by Gasteiger charge is -2.19. The summed E-state index contributed by atoms with van der Waals surface area (Å²) in [6.07, 6.45) is 6.25. The molecule has 19 heavy (non-hydrogen) atoms. The Hall–Kier alpha value is -0.310. The molecule has 0 bridgehead atoms. The zero-order valence-electron chi connectivity index (χ0n) is 12.0.